The highest BCUT2D eigenvalue weighted by atomic mass is 31.1. The van der Waals surface area contributed by atoms with Gasteiger partial charge in [0.15, 0.2) is 0 Å². The maximum absolute atomic E-state index is 12.2. The van der Waals surface area contributed by atoms with Crippen molar-refractivity contribution in [3.05, 3.63) is 48.5 Å². The average Bonchev–Trinajstić information content (AvgIpc) is 2.54. The number of aliphatic hydroxyl groups is 1. The van der Waals surface area contributed by atoms with E-state index >= 15 is 0 Å². The SMILES string of the molecule is CC(C)(O)C(C)(C)OPc1ccc(Oc2ccc(OC(F)(F)F)cc2)cc1. The summed E-state index contributed by atoms with van der Waals surface area (Å²) in [5.41, 5.74) is -1.69. The number of alkyl halides is 3. The van der Waals surface area contributed by atoms with Crippen molar-refractivity contribution < 1.29 is 32.3 Å². The molecule has 148 valence electrons. The van der Waals surface area contributed by atoms with Crippen molar-refractivity contribution >= 4 is 14.1 Å². The van der Waals surface area contributed by atoms with Crippen LogP contribution in [0.2, 0.25) is 0 Å². The number of halogens is 3. The molecule has 0 aliphatic heterocycles. The number of hydrogen-bond acceptors (Lipinski definition) is 4. The van der Waals surface area contributed by atoms with E-state index in [0.29, 0.717) is 11.5 Å². The van der Waals surface area contributed by atoms with E-state index in [1.807, 2.05) is 26.0 Å². The molecular weight excluding hydrogens is 380 g/mol. The minimum atomic E-state index is -4.72. The third-order valence-electron chi connectivity index (χ3n) is 4.04. The van der Waals surface area contributed by atoms with Gasteiger partial charge in [0, 0.05) is 8.81 Å². The Balaban J connectivity index is 1.94. The van der Waals surface area contributed by atoms with E-state index in [2.05, 4.69) is 4.74 Å². The molecule has 0 aliphatic carbocycles. The van der Waals surface area contributed by atoms with Crippen LogP contribution in [-0.4, -0.2) is 22.7 Å². The Hall–Kier alpha value is -1.82. The zero-order valence-corrected chi connectivity index (χ0v) is 16.4. The molecule has 0 saturated heterocycles. The second-order valence-corrected chi connectivity index (χ2v) is 7.90. The largest absolute Gasteiger partial charge is 0.573 e. The fourth-order valence-corrected chi connectivity index (χ4v) is 2.67. The molecule has 0 bridgehead atoms. The highest BCUT2D eigenvalue weighted by Crippen LogP contribution is 2.32. The number of ether oxygens (including phenoxy) is 2. The van der Waals surface area contributed by atoms with Gasteiger partial charge in [0.1, 0.15) is 17.2 Å². The Bertz CT molecular complexity index is 736. The van der Waals surface area contributed by atoms with Gasteiger partial charge in [-0.1, -0.05) is 0 Å². The van der Waals surface area contributed by atoms with Crippen molar-refractivity contribution in [1.29, 1.82) is 0 Å². The molecule has 1 atom stereocenters. The van der Waals surface area contributed by atoms with Crippen LogP contribution in [-0.2, 0) is 4.52 Å². The lowest BCUT2D eigenvalue weighted by atomic mass is 9.90. The summed E-state index contributed by atoms with van der Waals surface area (Å²) >= 11 is 0. The van der Waals surface area contributed by atoms with E-state index in [4.69, 9.17) is 9.26 Å². The fraction of sp³-hybridized carbons (Fsp3) is 0.368. The van der Waals surface area contributed by atoms with Gasteiger partial charge >= 0.3 is 6.36 Å². The van der Waals surface area contributed by atoms with Crippen molar-refractivity contribution in [3.63, 3.8) is 0 Å². The van der Waals surface area contributed by atoms with Crippen LogP contribution in [0.15, 0.2) is 48.5 Å². The number of hydrogen-bond donors (Lipinski definition) is 1. The van der Waals surface area contributed by atoms with Gasteiger partial charge in [-0.15, -0.1) is 13.2 Å². The molecular formula is C19H22F3O4P. The predicted molar refractivity (Wildman–Crippen MR) is 99.1 cm³/mol. The average molecular weight is 402 g/mol. The lowest BCUT2D eigenvalue weighted by molar-refractivity contribution is -0.274. The van der Waals surface area contributed by atoms with Crippen molar-refractivity contribution in [1.82, 2.24) is 0 Å². The molecule has 0 aromatic heterocycles. The van der Waals surface area contributed by atoms with Gasteiger partial charge in [0.2, 0.25) is 0 Å². The summed E-state index contributed by atoms with van der Waals surface area (Å²) in [7, 11) is 0.0476. The second kappa shape index (κ2) is 8.05. The minimum absolute atomic E-state index is 0.0476. The van der Waals surface area contributed by atoms with Crippen molar-refractivity contribution in [2.45, 2.75) is 45.3 Å². The van der Waals surface area contributed by atoms with E-state index in [1.165, 1.54) is 24.3 Å². The Morgan fingerprint density at radius 1 is 0.778 bits per heavy atom. The van der Waals surface area contributed by atoms with Crippen LogP contribution in [0.3, 0.4) is 0 Å². The highest BCUT2D eigenvalue weighted by Gasteiger charge is 2.36. The van der Waals surface area contributed by atoms with Gasteiger partial charge in [-0.2, -0.15) is 0 Å². The van der Waals surface area contributed by atoms with E-state index in [1.54, 1.807) is 26.0 Å². The predicted octanol–water partition coefficient (Wildman–Crippen LogP) is 5.16. The molecule has 4 nitrogen and oxygen atoms in total. The quantitative estimate of drug-likeness (QED) is 0.650. The van der Waals surface area contributed by atoms with Crippen molar-refractivity contribution in [2.75, 3.05) is 0 Å². The highest BCUT2D eigenvalue weighted by molar-refractivity contribution is 7.42. The molecule has 8 heteroatoms. The van der Waals surface area contributed by atoms with Gasteiger partial charge in [-0.3, -0.25) is 0 Å². The van der Waals surface area contributed by atoms with Crippen molar-refractivity contribution in [3.8, 4) is 17.2 Å². The zero-order valence-electron chi connectivity index (χ0n) is 15.4. The number of benzene rings is 2. The van der Waals surface area contributed by atoms with Crippen LogP contribution >= 0.6 is 8.81 Å². The topological polar surface area (TPSA) is 47.9 Å². The van der Waals surface area contributed by atoms with Gasteiger partial charge in [-0.05, 0) is 81.5 Å². The summed E-state index contributed by atoms with van der Waals surface area (Å²) in [6, 6.07) is 12.3. The maximum Gasteiger partial charge on any atom is 0.573 e. The Labute approximate surface area is 158 Å². The molecule has 0 fully saturated rings. The lowest BCUT2D eigenvalue weighted by Crippen LogP contribution is -2.45. The van der Waals surface area contributed by atoms with Crippen LogP contribution in [0.25, 0.3) is 0 Å². The van der Waals surface area contributed by atoms with E-state index < -0.39 is 17.6 Å². The summed E-state index contributed by atoms with van der Waals surface area (Å²) in [4.78, 5) is 0. The van der Waals surface area contributed by atoms with Crippen LogP contribution < -0.4 is 14.8 Å². The standard InChI is InChI=1S/C19H22F3O4P/c1-17(2,23)18(3,4)26-27-16-11-9-14(10-12-16)24-13-5-7-15(8-6-13)25-19(20,21)22/h5-12,23,27H,1-4H3. The van der Waals surface area contributed by atoms with Gasteiger partial charge < -0.3 is 19.1 Å². The molecule has 0 saturated carbocycles. The summed E-state index contributed by atoms with van der Waals surface area (Å²) in [5, 5.41) is 11.0. The number of rotatable bonds is 7. The molecule has 0 aliphatic rings. The Kier molecular flexibility index (Phi) is 6.40. The normalized spacial score (nSPS) is 13.2. The first-order chi connectivity index (χ1) is 12.4. The Morgan fingerprint density at radius 2 is 1.22 bits per heavy atom. The van der Waals surface area contributed by atoms with Gasteiger partial charge in [-0.25, -0.2) is 0 Å². The van der Waals surface area contributed by atoms with E-state index in [0.717, 1.165) is 5.30 Å². The summed E-state index contributed by atoms with van der Waals surface area (Å²) in [6.07, 6.45) is -4.72. The summed E-state index contributed by atoms with van der Waals surface area (Å²) in [5.74, 6) is 0.617. The molecule has 2 aromatic rings. The molecule has 1 unspecified atom stereocenters. The third kappa shape index (κ3) is 6.69. The molecule has 0 spiro atoms. The first-order valence-electron chi connectivity index (χ1n) is 8.16. The first-order valence-corrected chi connectivity index (χ1v) is 9.07. The monoisotopic (exact) mass is 402 g/mol. The van der Waals surface area contributed by atoms with Crippen LogP contribution in [0, 0.1) is 0 Å². The van der Waals surface area contributed by atoms with Gasteiger partial charge in [0.05, 0.1) is 11.2 Å². The Morgan fingerprint density at radius 3 is 1.67 bits per heavy atom. The minimum Gasteiger partial charge on any atom is -0.457 e. The van der Waals surface area contributed by atoms with Crippen LogP contribution in [0.4, 0.5) is 13.2 Å². The smallest absolute Gasteiger partial charge is 0.457 e. The zero-order chi connectivity index (χ0) is 20.3. The van der Waals surface area contributed by atoms with E-state index in [9.17, 15) is 18.3 Å². The maximum atomic E-state index is 12.2. The van der Waals surface area contributed by atoms with Gasteiger partial charge in [0.25, 0.3) is 0 Å². The molecule has 2 aromatic carbocycles. The lowest BCUT2D eigenvalue weighted by Gasteiger charge is -2.36. The summed E-state index contributed by atoms with van der Waals surface area (Å²) < 4.78 is 51.7. The molecule has 0 radical (unpaired) electrons. The van der Waals surface area contributed by atoms with E-state index in [-0.39, 0.29) is 14.6 Å². The third-order valence-corrected chi connectivity index (χ3v) is 5.23. The first kappa shape index (κ1) is 21.5. The fourth-order valence-electron chi connectivity index (χ4n) is 1.75. The molecule has 1 N–H and O–H groups in total. The molecule has 2 rings (SSSR count). The van der Waals surface area contributed by atoms with Crippen molar-refractivity contribution in [2.24, 2.45) is 0 Å². The summed E-state index contributed by atoms with van der Waals surface area (Å²) in [6.45, 7) is 7.03. The van der Waals surface area contributed by atoms with Crippen LogP contribution in [0.1, 0.15) is 27.7 Å². The molecule has 0 amide bonds. The second-order valence-electron chi connectivity index (χ2n) is 6.92. The molecule has 27 heavy (non-hydrogen) atoms. The van der Waals surface area contributed by atoms with Crippen LogP contribution in [0.5, 0.6) is 17.2 Å². The molecule has 0 heterocycles.